The highest BCUT2D eigenvalue weighted by molar-refractivity contribution is 5.75. The minimum absolute atomic E-state index is 1.21. The number of allylic oxidation sites excluding steroid dienone is 4. The number of benzene rings is 1. The van der Waals surface area contributed by atoms with Gasteiger partial charge in [-0.1, -0.05) is 47.6 Å². The van der Waals surface area contributed by atoms with Crippen molar-refractivity contribution in [3.63, 3.8) is 0 Å². The predicted molar refractivity (Wildman–Crippen MR) is 66.8 cm³/mol. The number of rotatable bonds is 1. The first-order chi connectivity index (χ1) is 7.25. The van der Waals surface area contributed by atoms with Crippen molar-refractivity contribution in [1.29, 1.82) is 0 Å². The van der Waals surface area contributed by atoms with Crippen molar-refractivity contribution >= 4 is 5.57 Å². The lowest BCUT2D eigenvalue weighted by Crippen LogP contribution is -1.82. The molecule has 2 rings (SSSR count). The van der Waals surface area contributed by atoms with Crippen LogP contribution in [0.4, 0.5) is 0 Å². The van der Waals surface area contributed by atoms with E-state index in [1.807, 2.05) is 0 Å². The molecule has 0 saturated carbocycles. The molecule has 0 radical (unpaired) electrons. The fourth-order valence-electron chi connectivity index (χ4n) is 2.06. The molecular weight excluding hydrogens is 180 g/mol. The fourth-order valence-corrected chi connectivity index (χ4v) is 2.06. The largest absolute Gasteiger partial charge is 0.0767 e. The summed E-state index contributed by atoms with van der Waals surface area (Å²) in [4.78, 5) is 0. The predicted octanol–water partition coefficient (Wildman–Crippen LogP) is 4.51. The molecule has 0 heteroatoms. The molecule has 0 spiro atoms. The van der Waals surface area contributed by atoms with Gasteiger partial charge in [-0.05, 0) is 44.2 Å². The van der Waals surface area contributed by atoms with E-state index in [1.54, 1.807) is 0 Å². The molecular formula is C15H18. The average Bonchev–Trinajstić information content (AvgIpc) is 2.43. The van der Waals surface area contributed by atoms with Crippen molar-refractivity contribution in [3.05, 3.63) is 53.1 Å². The van der Waals surface area contributed by atoms with Crippen LogP contribution in [0.25, 0.3) is 5.57 Å². The van der Waals surface area contributed by atoms with Crippen molar-refractivity contribution in [2.24, 2.45) is 0 Å². The molecule has 0 unspecified atom stereocenters. The van der Waals surface area contributed by atoms with Gasteiger partial charge in [0, 0.05) is 0 Å². The van der Waals surface area contributed by atoms with Crippen LogP contribution in [0.3, 0.4) is 0 Å². The van der Waals surface area contributed by atoms with Gasteiger partial charge in [0.25, 0.3) is 0 Å². The minimum atomic E-state index is 1.21. The summed E-state index contributed by atoms with van der Waals surface area (Å²) in [6.45, 7) is 4.38. The van der Waals surface area contributed by atoms with Crippen molar-refractivity contribution in [1.82, 2.24) is 0 Å². The van der Waals surface area contributed by atoms with E-state index in [0.717, 1.165) is 0 Å². The first kappa shape index (κ1) is 10.2. The summed E-state index contributed by atoms with van der Waals surface area (Å²) >= 11 is 0. The quantitative estimate of drug-likeness (QED) is 0.623. The molecule has 0 heterocycles. The van der Waals surface area contributed by atoms with Gasteiger partial charge in [0.1, 0.15) is 0 Å². The Morgan fingerprint density at radius 3 is 2.80 bits per heavy atom. The molecule has 0 amide bonds. The van der Waals surface area contributed by atoms with E-state index in [-0.39, 0.29) is 0 Å². The Hall–Kier alpha value is -1.30. The minimum Gasteiger partial charge on any atom is -0.0767 e. The summed E-state index contributed by atoms with van der Waals surface area (Å²) in [6.07, 6.45) is 8.44. The molecule has 78 valence electrons. The van der Waals surface area contributed by atoms with Gasteiger partial charge < -0.3 is 0 Å². The summed E-state index contributed by atoms with van der Waals surface area (Å²) in [5.74, 6) is 0. The molecule has 0 saturated heterocycles. The van der Waals surface area contributed by atoms with E-state index in [9.17, 15) is 0 Å². The van der Waals surface area contributed by atoms with E-state index in [4.69, 9.17) is 0 Å². The summed E-state index contributed by atoms with van der Waals surface area (Å²) in [5.41, 5.74) is 5.59. The summed E-state index contributed by atoms with van der Waals surface area (Å²) in [6, 6.07) is 8.76. The number of hydrogen-bond donors (Lipinski definition) is 0. The number of aryl methyl sites for hydroxylation is 1. The molecule has 0 aromatic heterocycles. The van der Waals surface area contributed by atoms with Crippen molar-refractivity contribution in [2.75, 3.05) is 0 Å². The maximum Gasteiger partial charge on any atom is -0.0185 e. The molecule has 0 aliphatic heterocycles. The van der Waals surface area contributed by atoms with Crippen LogP contribution >= 0.6 is 0 Å². The van der Waals surface area contributed by atoms with E-state index in [1.165, 1.54) is 41.5 Å². The average molecular weight is 198 g/mol. The van der Waals surface area contributed by atoms with Crippen LogP contribution in [-0.2, 0) is 0 Å². The van der Waals surface area contributed by atoms with E-state index in [2.05, 4.69) is 50.3 Å². The van der Waals surface area contributed by atoms with Crippen LogP contribution in [0, 0.1) is 6.92 Å². The lowest BCUT2D eigenvalue weighted by Gasteiger charge is -2.04. The van der Waals surface area contributed by atoms with Gasteiger partial charge in [-0.25, -0.2) is 0 Å². The second-order valence-electron chi connectivity index (χ2n) is 4.41. The van der Waals surface area contributed by atoms with Crippen LogP contribution < -0.4 is 0 Å². The molecule has 15 heavy (non-hydrogen) atoms. The molecule has 1 aromatic rings. The zero-order chi connectivity index (χ0) is 10.7. The Morgan fingerprint density at radius 2 is 2.00 bits per heavy atom. The smallest absolute Gasteiger partial charge is 0.0185 e. The highest BCUT2D eigenvalue weighted by atomic mass is 14.1. The fraction of sp³-hybridized carbons (Fsp3) is 0.333. The number of hydrogen-bond acceptors (Lipinski definition) is 0. The maximum absolute atomic E-state index is 2.37. The third-order valence-corrected chi connectivity index (χ3v) is 2.89. The van der Waals surface area contributed by atoms with Gasteiger partial charge >= 0.3 is 0 Å². The van der Waals surface area contributed by atoms with E-state index < -0.39 is 0 Å². The summed E-state index contributed by atoms with van der Waals surface area (Å²) in [5, 5.41) is 0. The second kappa shape index (κ2) is 4.48. The lowest BCUT2D eigenvalue weighted by molar-refractivity contribution is 0.841. The molecule has 0 bridgehead atoms. The van der Waals surface area contributed by atoms with Gasteiger partial charge in [0.15, 0.2) is 0 Å². The van der Waals surface area contributed by atoms with E-state index in [0.29, 0.717) is 0 Å². The Kier molecular flexibility index (Phi) is 3.05. The monoisotopic (exact) mass is 198 g/mol. The normalized spacial score (nSPS) is 16.7. The summed E-state index contributed by atoms with van der Waals surface area (Å²) in [7, 11) is 0. The Bertz CT molecular complexity index is 408. The van der Waals surface area contributed by atoms with Gasteiger partial charge in [-0.15, -0.1) is 0 Å². The topological polar surface area (TPSA) is 0 Å². The third-order valence-electron chi connectivity index (χ3n) is 2.89. The molecule has 0 N–H and O–H groups in total. The second-order valence-corrected chi connectivity index (χ2v) is 4.41. The highest BCUT2D eigenvalue weighted by Gasteiger charge is 2.03. The maximum atomic E-state index is 2.37. The van der Waals surface area contributed by atoms with Crippen LogP contribution in [0.15, 0.2) is 42.0 Å². The molecule has 1 aromatic carbocycles. The highest BCUT2D eigenvalue weighted by Crippen LogP contribution is 2.24. The van der Waals surface area contributed by atoms with Gasteiger partial charge in [-0.2, -0.15) is 0 Å². The zero-order valence-corrected chi connectivity index (χ0v) is 9.59. The lowest BCUT2D eigenvalue weighted by atomic mass is 10.0. The van der Waals surface area contributed by atoms with Crippen LogP contribution in [0.5, 0.6) is 0 Å². The Labute approximate surface area is 92.3 Å². The molecule has 1 aliphatic carbocycles. The van der Waals surface area contributed by atoms with Crippen LogP contribution in [0.2, 0.25) is 0 Å². The Morgan fingerprint density at radius 1 is 1.13 bits per heavy atom. The molecule has 0 fully saturated rings. The third kappa shape index (κ3) is 2.59. The molecule has 1 aliphatic rings. The van der Waals surface area contributed by atoms with Crippen molar-refractivity contribution in [3.8, 4) is 0 Å². The molecule has 0 nitrogen and oxygen atoms in total. The van der Waals surface area contributed by atoms with Gasteiger partial charge in [-0.3, -0.25) is 0 Å². The van der Waals surface area contributed by atoms with Crippen LogP contribution in [-0.4, -0.2) is 0 Å². The van der Waals surface area contributed by atoms with Crippen molar-refractivity contribution in [2.45, 2.75) is 33.1 Å². The standard InChI is InChI=1S/C15H18/c1-12-6-3-4-8-14(10-12)15-9-5-7-13(2)11-15/h5,7-11H,3-4,6H2,1-2H3. The first-order valence-corrected chi connectivity index (χ1v) is 5.70. The molecule has 0 atom stereocenters. The zero-order valence-electron chi connectivity index (χ0n) is 9.59. The van der Waals surface area contributed by atoms with Gasteiger partial charge in [0.2, 0.25) is 0 Å². The SMILES string of the molecule is CC1=CC(c2cccc(C)c2)=CCCC1. The van der Waals surface area contributed by atoms with E-state index >= 15 is 0 Å². The van der Waals surface area contributed by atoms with Crippen LogP contribution in [0.1, 0.15) is 37.3 Å². The summed E-state index contributed by atoms with van der Waals surface area (Å²) < 4.78 is 0. The van der Waals surface area contributed by atoms with Crippen molar-refractivity contribution < 1.29 is 0 Å². The first-order valence-electron chi connectivity index (χ1n) is 5.70. The Balaban J connectivity index is 2.37. The van der Waals surface area contributed by atoms with Gasteiger partial charge in [0.05, 0.1) is 0 Å².